The summed E-state index contributed by atoms with van der Waals surface area (Å²) in [6, 6.07) is 6.52. The van der Waals surface area contributed by atoms with E-state index in [1.165, 1.54) is 6.07 Å². The van der Waals surface area contributed by atoms with Crippen molar-refractivity contribution >= 4 is 6.03 Å². The van der Waals surface area contributed by atoms with Gasteiger partial charge >= 0.3 is 6.03 Å². The maximum atomic E-state index is 13.3. The lowest BCUT2D eigenvalue weighted by atomic mass is 9.90. The first-order chi connectivity index (χ1) is 12.0. The van der Waals surface area contributed by atoms with Crippen LogP contribution in [0.2, 0.25) is 0 Å². The highest BCUT2D eigenvalue weighted by atomic mass is 19.1. The van der Waals surface area contributed by atoms with Gasteiger partial charge in [0, 0.05) is 20.1 Å². The highest BCUT2D eigenvalue weighted by Crippen LogP contribution is 2.22. The molecule has 1 aromatic carbocycles. The van der Waals surface area contributed by atoms with E-state index >= 15 is 0 Å². The third kappa shape index (κ3) is 4.35. The van der Waals surface area contributed by atoms with Crippen LogP contribution < -0.4 is 5.32 Å². The normalized spacial score (nSPS) is 16.7. The molecule has 0 radical (unpaired) electrons. The molecule has 1 aromatic heterocycles. The summed E-state index contributed by atoms with van der Waals surface area (Å²) in [5, 5.41) is 10.8. The van der Waals surface area contributed by atoms with Gasteiger partial charge in [-0.3, -0.25) is 0 Å². The standard InChI is InChI=1S/C18H24FN5O/c1-13(17-22-20-12-23(17)2)21-18(25)24-8-6-14(7-9-24)10-15-4-3-5-16(19)11-15/h3-5,11-14H,6-10H2,1-2H3,(H,21,25). The SMILES string of the molecule is CC(NC(=O)N1CCC(Cc2cccc(F)c2)CC1)c1nncn1C. The fourth-order valence-electron chi connectivity index (χ4n) is 3.36. The summed E-state index contributed by atoms with van der Waals surface area (Å²) in [4.78, 5) is 14.3. The molecule has 0 spiro atoms. The van der Waals surface area contributed by atoms with Crippen LogP contribution in [0.1, 0.15) is 37.2 Å². The number of benzene rings is 1. The van der Waals surface area contributed by atoms with Crippen LogP contribution in [0.3, 0.4) is 0 Å². The zero-order valence-corrected chi connectivity index (χ0v) is 14.7. The van der Waals surface area contributed by atoms with E-state index in [1.807, 2.05) is 24.9 Å². The Kier molecular flexibility index (Phi) is 5.31. The molecule has 25 heavy (non-hydrogen) atoms. The number of hydrogen-bond donors (Lipinski definition) is 1. The number of aryl methyl sites for hydroxylation is 1. The number of aromatic nitrogens is 3. The number of halogens is 1. The maximum Gasteiger partial charge on any atom is 0.317 e. The Morgan fingerprint density at radius 1 is 1.40 bits per heavy atom. The van der Waals surface area contributed by atoms with Crippen molar-refractivity contribution in [1.29, 1.82) is 0 Å². The largest absolute Gasteiger partial charge is 0.328 e. The monoisotopic (exact) mass is 345 g/mol. The quantitative estimate of drug-likeness (QED) is 0.927. The van der Waals surface area contributed by atoms with Crippen LogP contribution in [0, 0.1) is 11.7 Å². The van der Waals surface area contributed by atoms with E-state index in [4.69, 9.17) is 0 Å². The summed E-state index contributed by atoms with van der Waals surface area (Å²) in [5.41, 5.74) is 1.03. The predicted molar refractivity (Wildman–Crippen MR) is 92.4 cm³/mol. The molecule has 2 amide bonds. The molecule has 7 heteroatoms. The second-order valence-electron chi connectivity index (χ2n) is 6.74. The van der Waals surface area contributed by atoms with Crippen molar-refractivity contribution in [2.75, 3.05) is 13.1 Å². The van der Waals surface area contributed by atoms with Gasteiger partial charge in [0.15, 0.2) is 5.82 Å². The van der Waals surface area contributed by atoms with Gasteiger partial charge in [-0.05, 0) is 49.8 Å². The van der Waals surface area contributed by atoms with Gasteiger partial charge in [-0.25, -0.2) is 9.18 Å². The lowest BCUT2D eigenvalue weighted by Gasteiger charge is -2.32. The number of nitrogens with one attached hydrogen (secondary N) is 1. The number of rotatable bonds is 4. The molecule has 1 saturated heterocycles. The number of carbonyl (C=O) groups is 1. The molecule has 2 heterocycles. The van der Waals surface area contributed by atoms with Crippen molar-refractivity contribution in [2.45, 2.75) is 32.2 Å². The van der Waals surface area contributed by atoms with Gasteiger partial charge in [0.05, 0.1) is 6.04 Å². The summed E-state index contributed by atoms with van der Waals surface area (Å²) < 4.78 is 15.1. The smallest absolute Gasteiger partial charge is 0.317 e. The average Bonchev–Trinajstić information content (AvgIpc) is 3.01. The minimum Gasteiger partial charge on any atom is -0.328 e. The molecule has 0 saturated carbocycles. The van der Waals surface area contributed by atoms with E-state index in [0.717, 1.165) is 43.7 Å². The van der Waals surface area contributed by atoms with Crippen molar-refractivity contribution < 1.29 is 9.18 Å². The van der Waals surface area contributed by atoms with Crippen LogP contribution in [-0.4, -0.2) is 38.8 Å². The highest BCUT2D eigenvalue weighted by molar-refractivity contribution is 5.74. The van der Waals surface area contributed by atoms with Gasteiger partial charge in [0.2, 0.25) is 0 Å². The first-order valence-corrected chi connectivity index (χ1v) is 8.66. The van der Waals surface area contributed by atoms with Crippen LogP contribution in [0.25, 0.3) is 0 Å². The van der Waals surface area contributed by atoms with Crippen LogP contribution in [0.4, 0.5) is 9.18 Å². The van der Waals surface area contributed by atoms with E-state index in [1.54, 1.807) is 23.0 Å². The fourth-order valence-corrected chi connectivity index (χ4v) is 3.36. The second kappa shape index (κ2) is 7.63. The summed E-state index contributed by atoms with van der Waals surface area (Å²) in [6.07, 6.45) is 4.35. The second-order valence-corrected chi connectivity index (χ2v) is 6.74. The number of nitrogens with zero attached hydrogens (tertiary/aromatic N) is 4. The zero-order valence-electron chi connectivity index (χ0n) is 14.7. The zero-order chi connectivity index (χ0) is 17.8. The molecule has 0 bridgehead atoms. The summed E-state index contributed by atoms with van der Waals surface area (Å²) in [7, 11) is 1.86. The highest BCUT2D eigenvalue weighted by Gasteiger charge is 2.24. The van der Waals surface area contributed by atoms with E-state index in [2.05, 4.69) is 15.5 Å². The first-order valence-electron chi connectivity index (χ1n) is 8.66. The van der Waals surface area contributed by atoms with Gasteiger partial charge in [-0.2, -0.15) is 0 Å². The lowest BCUT2D eigenvalue weighted by molar-refractivity contribution is 0.167. The minimum absolute atomic E-state index is 0.0697. The Morgan fingerprint density at radius 2 is 2.16 bits per heavy atom. The number of amides is 2. The Bertz CT molecular complexity index is 724. The number of urea groups is 1. The fraction of sp³-hybridized carbons (Fsp3) is 0.500. The van der Waals surface area contributed by atoms with Crippen LogP contribution in [0.5, 0.6) is 0 Å². The van der Waals surface area contributed by atoms with Gasteiger partial charge in [-0.1, -0.05) is 12.1 Å². The molecule has 1 unspecified atom stereocenters. The molecule has 2 aromatic rings. The van der Waals surface area contributed by atoms with Crippen LogP contribution >= 0.6 is 0 Å². The molecular weight excluding hydrogens is 321 g/mol. The average molecular weight is 345 g/mol. The Labute approximate surface area is 147 Å². The molecule has 1 atom stereocenters. The molecule has 0 aliphatic carbocycles. The van der Waals surface area contributed by atoms with Crippen LogP contribution in [0.15, 0.2) is 30.6 Å². The summed E-state index contributed by atoms with van der Waals surface area (Å²) >= 11 is 0. The third-order valence-electron chi connectivity index (χ3n) is 4.79. The minimum atomic E-state index is -0.190. The molecule has 1 N–H and O–H groups in total. The van der Waals surface area contributed by atoms with Crippen molar-refractivity contribution in [3.05, 3.63) is 47.8 Å². The topological polar surface area (TPSA) is 63.1 Å². The Balaban J connectivity index is 1.48. The summed E-state index contributed by atoms with van der Waals surface area (Å²) in [6.45, 7) is 3.34. The van der Waals surface area contributed by atoms with E-state index < -0.39 is 0 Å². The lowest BCUT2D eigenvalue weighted by Crippen LogP contribution is -2.45. The Hall–Kier alpha value is -2.44. The molecular formula is C18H24FN5O. The van der Waals surface area contributed by atoms with Crippen molar-refractivity contribution in [2.24, 2.45) is 13.0 Å². The van der Waals surface area contributed by atoms with Crippen molar-refractivity contribution in [3.63, 3.8) is 0 Å². The molecule has 6 nitrogen and oxygen atoms in total. The van der Waals surface area contributed by atoms with E-state index in [9.17, 15) is 9.18 Å². The van der Waals surface area contributed by atoms with E-state index in [0.29, 0.717) is 5.92 Å². The van der Waals surface area contributed by atoms with Gasteiger partial charge in [0.25, 0.3) is 0 Å². The van der Waals surface area contributed by atoms with E-state index in [-0.39, 0.29) is 17.9 Å². The van der Waals surface area contributed by atoms with Gasteiger partial charge in [-0.15, -0.1) is 10.2 Å². The number of likely N-dealkylation sites (tertiary alicyclic amines) is 1. The molecule has 1 aliphatic rings. The molecule has 3 rings (SSSR count). The van der Waals surface area contributed by atoms with Crippen molar-refractivity contribution in [1.82, 2.24) is 25.0 Å². The third-order valence-corrected chi connectivity index (χ3v) is 4.79. The Morgan fingerprint density at radius 3 is 2.80 bits per heavy atom. The molecule has 1 fully saturated rings. The van der Waals surface area contributed by atoms with Crippen LogP contribution in [-0.2, 0) is 13.5 Å². The number of hydrogen-bond acceptors (Lipinski definition) is 3. The first kappa shape index (κ1) is 17.4. The van der Waals surface area contributed by atoms with Gasteiger partial charge in [0.1, 0.15) is 12.1 Å². The number of carbonyl (C=O) groups excluding carboxylic acids is 1. The van der Waals surface area contributed by atoms with Gasteiger partial charge < -0.3 is 14.8 Å². The van der Waals surface area contributed by atoms with Crippen molar-refractivity contribution in [3.8, 4) is 0 Å². The summed E-state index contributed by atoms with van der Waals surface area (Å²) in [5.74, 6) is 1.03. The predicted octanol–water partition coefficient (Wildman–Crippen LogP) is 2.68. The number of piperidine rings is 1. The molecule has 134 valence electrons. The maximum absolute atomic E-state index is 13.3. The molecule has 1 aliphatic heterocycles.